The van der Waals surface area contributed by atoms with Gasteiger partial charge in [0.15, 0.2) is 0 Å². The molecular weight excluding hydrogens is 340 g/mol. The molecule has 0 aliphatic heterocycles. The van der Waals surface area contributed by atoms with E-state index in [-0.39, 0.29) is 11.9 Å². The van der Waals surface area contributed by atoms with E-state index in [1.165, 1.54) is 22.5 Å². The molecule has 1 amide bonds. The summed E-state index contributed by atoms with van der Waals surface area (Å²) in [4.78, 5) is 16.6. The molecule has 3 nitrogen and oxygen atoms in total. The van der Waals surface area contributed by atoms with Gasteiger partial charge in [0.1, 0.15) is 10.5 Å². The topological polar surface area (TPSA) is 44.9 Å². The number of H-pyrrole nitrogens is 1. The minimum atomic E-state index is -0.0517. The van der Waals surface area contributed by atoms with Crippen LogP contribution in [0.15, 0.2) is 36.4 Å². The fourth-order valence-electron chi connectivity index (χ4n) is 3.23. The van der Waals surface area contributed by atoms with Crippen LogP contribution < -0.4 is 5.32 Å². The van der Waals surface area contributed by atoms with E-state index in [4.69, 9.17) is 11.6 Å². The van der Waals surface area contributed by atoms with Crippen LogP contribution in [-0.2, 0) is 6.42 Å². The van der Waals surface area contributed by atoms with Gasteiger partial charge in [-0.25, -0.2) is 0 Å². The maximum absolute atomic E-state index is 12.5. The zero-order chi connectivity index (χ0) is 17.3. The van der Waals surface area contributed by atoms with E-state index < -0.39 is 0 Å². The van der Waals surface area contributed by atoms with Crippen LogP contribution in [0.1, 0.15) is 48.3 Å². The summed E-state index contributed by atoms with van der Waals surface area (Å²) < 4.78 is 0.730. The number of halogens is 1. The van der Waals surface area contributed by atoms with Gasteiger partial charge in [0, 0.05) is 17.3 Å². The number of aromatic nitrogens is 1. The zero-order valence-electron chi connectivity index (χ0n) is 14.0. The molecule has 2 heterocycles. The highest BCUT2D eigenvalue weighted by Gasteiger charge is 2.30. The molecule has 1 aliphatic rings. The molecule has 1 aliphatic carbocycles. The van der Waals surface area contributed by atoms with Crippen molar-refractivity contribution in [1.29, 1.82) is 0 Å². The first-order valence-electron chi connectivity index (χ1n) is 8.28. The number of benzene rings is 1. The normalized spacial score (nSPS) is 18.8. The van der Waals surface area contributed by atoms with Gasteiger partial charge < -0.3 is 10.3 Å². The lowest BCUT2D eigenvalue weighted by molar-refractivity contribution is 0.0930. The van der Waals surface area contributed by atoms with E-state index in [1.54, 1.807) is 0 Å². The Hall–Kier alpha value is -1.78. The molecule has 126 valence electrons. The van der Waals surface area contributed by atoms with Crippen molar-refractivity contribution < 1.29 is 4.79 Å². The lowest BCUT2D eigenvalue weighted by Gasteiger charge is -2.17. The number of hydrogen-bond donors (Lipinski definition) is 2. The second-order valence-electron chi connectivity index (χ2n) is 5.79. The van der Waals surface area contributed by atoms with Crippen molar-refractivity contribution in [2.75, 3.05) is 0 Å². The van der Waals surface area contributed by atoms with Gasteiger partial charge >= 0.3 is 0 Å². The Labute approximate surface area is 151 Å². The molecule has 2 unspecified atom stereocenters. The monoisotopic (exact) mass is 360 g/mol. The van der Waals surface area contributed by atoms with E-state index in [1.807, 2.05) is 26.0 Å². The van der Waals surface area contributed by atoms with Gasteiger partial charge in [0.2, 0.25) is 0 Å². The third-order valence-corrected chi connectivity index (χ3v) is 5.62. The summed E-state index contributed by atoms with van der Waals surface area (Å²) in [5.74, 6) is 0.287. The number of nitrogens with one attached hydrogen (secondary N) is 2. The summed E-state index contributed by atoms with van der Waals surface area (Å²) in [5.41, 5.74) is 3.27. The molecule has 0 saturated carbocycles. The van der Waals surface area contributed by atoms with Gasteiger partial charge in [0.25, 0.3) is 5.91 Å². The highest BCUT2D eigenvalue weighted by atomic mass is 35.5. The Morgan fingerprint density at radius 3 is 2.75 bits per heavy atom. The number of amides is 1. The number of thiophene rings is 1. The molecule has 0 saturated heterocycles. The van der Waals surface area contributed by atoms with Crippen LogP contribution in [0.25, 0.3) is 10.2 Å². The smallest absolute Gasteiger partial charge is 0.267 e. The summed E-state index contributed by atoms with van der Waals surface area (Å²) in [6, 6.07) is 12.3. The minimum absolute atomic E-state index is 0.0517. The maximum atomic E-state index is 12.5. The first-order chi connectivity index (χ1) is 11.6. The first kappa shape index (κ1) is 17.1. The van der Waals surface area contributed by atoms with Gasteiger partial charge in [0.05, 0.1) is 4.34 Å². The lowest BCUT2D eigenvalue weighted by Crippen LogP contribution is -2.37. The first-order valence-corrected chi connectivity index (χ1v) is 9.48. The van der Waals surface area contributed by atoms with Gasteiger partial charge in [-0.3, -0.25) is 4.79 Å². The molecule has 0 bridgehead atoms. The van der Waals surface area contributed by atoms with E-state index in [9.17, 15) is 4.79 Å². The average Bonchev–Trinajstić information content (AvgIpc) is 3.22. The quantitative estimate of drug-likeness (QED) is 0.634. The van der Waals surface area contributed by atoms with E-state index in [0.717, 1.165) is 21.0 Å². The number of aromatic amines is 1. The van der Waals surface area contributed by atoms with Crippen molar-refractivity contribution in [3.05, 3.63) is 57.6 Å². The van der Waals surface area contributed by atoms with Crippen LogP contribution in [0, 0.1) is 0 Å². The van der Waals surface area contributed by atoms with Gasteiger partial charge in [-0.05, 0) is 29.7 Å². The third-order valence-electron chi connectivity index (χ3n) is 4.43. The van der Waals surface area contributed by atoms with Crippen LogP contribution in [0.2, 0.25) is 4.34 Å². The fourth-order valence-corrected chi connectivity index (χ4v) is 4.36. The predicted octanol–water partition coefficient (Wildman–Crippen LogP) is 5.37. The average molecular weight is 361 g/mol. The number of rotatable bonds is 2. The van der Waals surface area contributed by atoms with Crippen molar-refractivity contribution in [3.8, 4) is 0 Å². The molecular formula is C19H21ClN2OS. The summed E-state index contributed by atoms with van der Waals surface area (Å²) in [6.45, 7) is 6.17. The Bertz CT molecular complexity index is 836. The summed E-state index contributed by atoms with van der Waals surface area (Å²) >= 11 is 7.42. The Morgan fingerprint density at radius 2 is 2.04 bits per heavy atom. The van der Waals surface area contributed by atoms with Crippen molar-refractivity contribution in [3.63, 3.8) is 0 Å². The standard InChI is InChI=1S/C17H15ClN2OS.C2H6/c1-9-12-5-3-2-4-10(12)6-13(9)19-16(21)14-7-11-8-15(18)22-17(11)20-14;1-2/h2-5,7-9,13,20H,6H2,1H3,(H,19,21);1-2H3. The largest absolute Gasteiger partial charge is 0.347 e. The Kier molecular flexibility index (Phi) is 4.97. The van der Waals surface area contributed by atoms with Gasteiger partial charge in [-0.1, -0.05) is 56.6 Å². The molecule has 0 spiro atoms. The van der Waals surface area contributed by atoms with Gasteiger partial charge in [-0.15, -0.1) is 11.3 Å². The fraction of sp³-hybridized carbons (Fsp3) is 0.316. The molecule has 3 aromatic rings. The van der Waals surface area contributed by atoms with Gasteiger partial charge in [-0.2, -0.15) is 0 Å². The predicted molar refractivity (Wildman–Crippen MR) is 102 cm³/mol. The van der Waals surface area contributed by atoms with Crippen molar-refractivity contribution in [2.45, 2.75) is 39.2 Å². The molecule has 2 atom stereocenters. The molecule has 2 aromatic heterocycles. The van der Waals surface area contributed by atoms with Crippen molar-refractivity contribution in [2.24, 2.45) is 0 Å². The Morgan fingerprint density at radius 1 is 1.29 bits per heavy atom. The second kappa shape index (κ2) is 6.99. The van der Waals surface area contributed by atoms with Crippen LogP contribution >= 0.6 is 22.9 Å². The van der Waals surface area contributed by atoms with Crippen molar-refractivity contribution >= 4 is 39.1 Å². The number of hydrogen-bond acceptors (Lipinski definition) is 2. The second-order valence-corrected chi connectivity index (χ2v) is 7.47. The lowest BCUT2D eigenvalue weighted by atomic mass is 10.0. The zero-order valence-corrected chi connectivity index (χ0v) is 15.6. The van der Waals surface area contributed by atoms with Crippen LogP contribution in [0.4, 0.5) is 0 Å². The minimum Gasteiger partial charge on any atom is -0.347 e. The van der Waals surface area contributed by atoms with E-state index in [0.29, 0.717) is 11.6 Å². The van der Waals surface area contributed by atoms with Crippen LogP contribution in [-0.4, -0.2) is 16.9 Å². The van der Waals surface area contributed by atoms with E-state index in [2.05, 4.69) is 41.5 Å². The molecule has 24 heavy (non-hydrogen) atoms. The van der Waals surface area contributed by atoms with Crippen LogP contribution in [0.5, 0.6) is 0 Å². The molecule has 2 N–H and O–H groups in total. The summed E-state index contributed by atoms with van der Waals surface area (Å²) in [5, 5.41) is 4.15. The summed E-state index contributed by atoms with van der Waals surface area (Å²) in [7, 11) is 0. The molecule has 0 fully saturated rings. The number of carbonyl (C=O) groups excluding carboxylic acids is 1. The van der Waals surface area contributed by atoms with E-state index >= 15 is 0 Å². The highest BCUT2D eigenvalue weighted by molar-refractivity contribution is 7.22. The number of fused-ring (bicyclic) bond motifs is 2. The highest BCUT2D eigenvalue weighted by Crippen LogP contribution is 2.33. The maximum Gasteiger partial charge on any atom is 0.267 e. The molecule has 4 rings (SSSR count). The van der Waals surface area contributed by atoms with Crippen LogP contribution in [0.3, 0.4) is 0 Å². The number of carbonyl (C=O) groups is 1. The molecule has 5 heteroatoms. The summed E-state index contributed by atoms with van der Waals surface area (Å²) in [6.07, 6.45) is 0.893. The SMILES string of the molecule is CC.CC1c2ccccc2CC1NC(=O)c1cc2cc(Cl)sc2[nH]1. The van der Waals surface area contributed by atoms with Crippen molar-refractivity contribution in [1.82, 2.24) is 10.3 Å². The molecule has 0 radical (unpaired) electrons. The third kappa shape index (κ3) is 3.08. The molecule has 1 aromatic carbocycles. The Balaban J connectivity index is 0.000000815.